The minimum absolute atomic E-state index is 0.0278. The van der Waals surface area contributed by atoms with Gasteiger partial charge in [-0.2, -0.15) is 0 Å². The normalized spacial score (nSPS) is 11.8. The third kappa shape index (κ3) is 4.57. The Balaban J connectivity index is 2.09. The Hall–Kier alpha value is -2.40. The second-order valence-corrected chi connectivity index (χ2v) is 6.37. The molecule has 0 heterocycles. The van der Waals surface area contributed by atoms with Crippen LogP contribution in [0.5, 0.6) is 0 Å². The van der Waals surface area contributed by atoms with Gasteiger partial charge < -0.3 is 10.1 Å². The van der Waals surface area contributed by atoms with Gasteiger partial charge in [0, 0.05) is 5.02 Å². The number of carbonyl (C=O) groups is 2. The fourth-order valence-electron chi connectivity index (χ4n) is 2.60. The quantitative estimate of drug-likeness (QED) is 0.808. The molecule has 0 fully saturated rings. The van der Waals surface area contributed by atoms with Gasteiger partial charge in [-0.15, -0.1) is 0 Å². The van der Waals surface area contributed by atoms with Crippen LogP contribution in [0.3, 0.4) is 0 Å². The maximum Gasteiger partial charge on any atom is 0.339 e. The molecule has 0 saturated carbocycles. The monoisotopic (exact) mass is 363 g/mol. The average Bonchev–Trinajstić information content (AvgIpc) is 2.48. The maximum absolute atomic E-state index is 13.7. The molecule has 2 aromatic carbocycles. The molecular weight excluding hydrogens is 345 g/mol. The summed E-state index contributed by atoms with van der Waals surface area (Å²) in [4.78, 5) is 24.5. The van der Waals surface area contributed by atoms with Gasteiger partial charge in [-0.3, -0.25) is 4.79 Å². The van der Waals surface area contributed by atoms with E-state index in [0.717, 1.165) is 22.8 Å². The summed E-state index contributed by atoms with van der Waals surface area (Å²) in [5.74, 6) is -1.88. The minimum atomic E-state index is -1.08. The van der Waals surface area contributed by atoms with Crippen molar-refractivity contribution in [1.82, 2.24) is 0 Å². The molecule has 1 N–H and O–H groups in total. The van der Waals surface area contributed by atoms with Crippen LogP contribution in [0.1, 0.15) is 34.0 Å². The molecule has 1 unspecified atom stereocenters. The Morgan fingerprint density at radius 3 is 2.28 bits per heavy atom. The Morgan fingerprint density at radius 2 is 1.72 bits per heavy atom. The third-order valence-electron chi connectivity index (χ3n) is 3.72. The van der Waals surface area contributed by atoms with Crippen LogP contribution in [-0.2, 0) is 9.53 Å². The van der Waals surface area contributed by atoms with E-state index in [1.807, 2.05) is 32.9 Å². The number of benzene rings is 2. The van der Waals surface area contributed by atoms with Crippen LogP contribution in [0.4, 0.5) is 10.1 Å². The van der Waals surface area contributed by atoms with E-state index in [4.69, 9.17) is 16.3 Å². The van der Waals surface area contributed by atoms with Gasteiger partial charge in [0.25, 0.3) is 5.91 Å². The van der Waals surface area contributed by atoms with Crippen LogP contribution in [-0.4, -0.2) is 18.0 Å². The first kappa shape index (κ1) is 18.9. The molecule has 0 bridgehead atoms. The average molecular weight is 364 g/mol. The van der Waals surface area contributed by atoms with Gasteiger partial charge in [0.05, 0.1) is 11.3 Å². The van der Waals surface area contributed by atoms with Crippen molar-refractivity contribution in [3.05, 3.63) is 63.4 Å². The SMILES string of the molecule is Cc1cc(C)c(C(=O)OC(C)C(=O)Nc2ccc(Cl)cc2F)c(C)c1. The number of halogens is 2. The number of esters is 1. The highest BCUT2D eigenvalue weighted by atomic mass is 35.5. The van der Waals surface area contributed by atoms with Crippen LogP contribution in [0.15, 0.2) is 30.3 Å². The molecule has 25 heavy (non-hydrogen) atoms. The van der Waals surface area contributed by atoms with Crippen molar-refractivity contribution < 1.29 is 18.7 Å². The molecule has 0 aromatic heterocycles. The van der Waals surface area contributed by atoms with Crippen molar-refractivity contribution in [2.24, 2.45) is 0 Å². The largest absolute Gasteiger partial charge is 0.449 e. The fourth-order valence-corrected chi connectivity index (χ4v) is 2.76. The van der Waals surface area contributed by atoms with Crippen molar-refractivity contribution >= 4 is 29.2 Å². The maximum atomic E-state index is 13.7. The molecule has 2 aromatic rings. The van der Waals surface area contributed by atoms with E-state index in [1.54, 1.807) is 0 Å². The zero-order valence-corrected chi connectivity index (χ0v) is 15.2. The highest BCUT2D eigenvalue weighted by Gasteiger charge is 2.22. The van der Waals surface area contributed by atoms with Crippen LogP contribution < -0.4 is 5.32 Å². The second kappa shape index (κ2) is 7.66. The minimum Gasteiger partial charge on any atom is -0.449 e. The number of nitrogens with one attached hydrogen (secondary N) is 1. The van der Waals surface area contributed by atoms with Crippen LogP contribution >= 0.6 is 11.6 Å². The number of hydrogen-bond donors (Lipinski definition) is 1. The number of rotatable bonds is 4. The van der Waals surface area contributed by atoms with Gasteiger partial charge in [0.1, 0.15) is 5.82 Å². The molecule has 0 aliphatic heterocycles. The molecular formula is C19H19ClFNO3. The van der Waals surface area contributed by atoms with E-state index >= 15 is 0 Å². The summed E-state index contributed by atoms with van der Waals surface area (Å²) in [5, 5.41) is 2.61. The highest BCUT2D eigenvalue weighted by Crippen LogP contribution is 2.20. The Kier molecular flexibility index (Phi) is 5.80. The lowest BCUT2D eigenvalue weighted by Crippen LogP contribution is -2.30. The summed E-state index contributed by atoms with van der Waals surface area (Å²) < 4.78 is 19.0. The Labute approximate surface area is 150 Å². The first-order valence-corrected chi connectivity index (χ1v) is 8.11. The number of hydrogen-bond acceptors (Lipinski definition) is 3. The molecule has 0 radical (unpaired) electrons. The predicted molar refractivity (Wildman–Crippen MR) is 95.6 cm³/mol. The first-order chi connectivity index (χ1) is 11.7. The molecule has 132 valence electrons. The van der Waals surface area contributed by atoms with Crippen LogP contribution in [0.25, 0.3) is 0 Å². The van der Waals surface area contributed by atoms with E-state index < -0.39 is 23.8 Å². The number of anilines is 1. The van der Waals surface area contributed by atoms with Gasteiger partial charge >= 0.3 is 5.97 Å². The lowest BCUT2D eigenvalue weighted by atomic mass is 10.00. The second-order valence-electron chi connectivity index (χ2n) is 5.93. The van der Waals surface area contributed by atoms with Crippen molar-refractivity contribution in [3.63, 3.8) is 0 Å². The number of ether oxygens (including phenoxy) is 1. The summed E-state index contributed by atoms with van der Waals surface area (Å²) in [6.45, 7) is 6.99. The summed E-state index contributed by atoms with van der Waals surface area (Å²) in [7, 11) is 0. The number of aryl methyl sites for hydroxylation is 3. The summed E-state index contributed by atoms with van der Waals surface area (Å²) in [6, 6.07) is 7.63. The lowest BCUT2D eigenvalue weighted by molar-refractivity contribution is -0.123. The zero-order valence-electron chi connectivity index (χ0n) is 14.4. The number of carbonyl (C=O) groups excluding carboxylic acids is 2. The van der Waals surface area contributed by atoms with E-state index in [-0.39, 0.29) is 10.7 Å². The van der Waals surface area contributed by atoms with Crippen molar-refractivity contribution in [3.8, 4) is 0 Å². The van der Waals surface area contributed by atoms with Gasteiger partial charge in [-0.05, 0) is 57.0 Å². The van der Waals surface area contributed by atoms with Crippen molar-refractivity contribution in [2.75, 3.05) is 5.32 Å². The predicted octanol–water partition coefficient (Wildman–Crippen LogP) is 4.59. The van der Waals surface area contributed by atoms with Gasteiger partial charge in [-0.25, -0.2) is 9.18 Å². The molecule has 6 heteroatoms. The van der Waals surface area contributed by atoms with E-state index in [9.17, 15) is 14.0 Å². The van der Waals surface area contributed by atoms with Crippen molar-refractivity contribution in [1.29, 1.82) is 0 Å². The summed E-state index contributed by atoms with van der Waals surface area (Å²) in [6.07, 6.45) is -1.08. The molecule has 0 aliphatic rings. The van der Waals surface area contributed by atoms with E-state index in [1.165, 1.54) is 19.1 Å². The Morgan fingerprint density at radius 1 is 1.12 bits per heavy atom. The first-order valence-electron chi connectivity index (χ1n) is 7.73. The van der Waals surface area contributed by atoms with E-state index in [2.05, 4.69) is 5.32 Å². The topological polar surface area (TPSA) is 55.4 Å². The molecule has 1 atom stereocenters. The smallest absolute Gasteiger partial charge is 0.339 e. The van der Waals surface area contributed by atoms with Gasteiger partial charge in [0.15, 0.2) is 6.10 Å². The lowest BCUT2D eigenvalue weighted by Gasteiger charge is -2.16. The highest BCUT2D eigenvalue weighted by molar-refractivity contribution is 6.30. The molecule has 1 amide bonds. The van der Waals surface area contributed by atoms with Crippen LogP contribution in [0, 0.1) is 26.6 Å². The molecule has 4 nitrogen and oxygen atoms in total. The molecule has 0 aliphatic carbocycles. The van der Waals surface area contributed by atoms with Gasteiger partial charge in [0.2, 0.25) is 0 Å². The molecule has 0 saturated heterocycles. The van der Waals surface area contributed by atoms with Gasteiger partial charge in [-0.1, -0.05) is 29.3 Å². The Bertz CT molecular complexity index is 812. The van der Waals surface area contributed by atoms with Crippen LogP contribution in [0.2, 0.25) is 5.02 Å². The summed E-state index contributed by atoms with van der Waals surface area (Å²) in [5.41, 5.74) is 3.00. The fraction of sp³-hybridized carbons (Fsp3) is 0.263. The van der Waals surface area contributed by atoms with Crippen molar-refractivity contribution in [2.45, 2.75) is 33.8 Å². The zero-order chi connectivity index (χ0) is 18.7. The molecule has 2 rings (SSSR count). The summed E-state index contributed by atoms with van der Waals surface area (Å²) >= 11 is 5.67. The number of amides is 1. The third-order valence-corrected chi connectivity index (χ3v) is 3.96. The standard InChI is InChI=1S/C19H19ClFNO3/c1-10-7-11(2)17(12(3)8-10)19(24)25-13(4)18(23)22-16-6-5-14(20)9-15(16)21/h5-9,13H,1-4H3,(H,22,23). The van der Waals surface area contributed by atoms with E-state index in [0.29, 0.717) is 5.56 Å². The molecule has 0 spiro atoms.